The second-order valence-corrected chi connectivity index (χ2v) is 4.44. The molecule has 0 heterocycles. The molecule has 0 radical (unpaired) electrons. The van der Waals surface area contributed by atoms with Crippen LogP contribution >= 0.6 is 0 Å². The van der Waals surface area contributed by atoms with Crippen LogP contribution in [0.2, 0.25) is 0 Å². The fourth-order valence-electron chi connectivity index (χ4n) is 3.00. The molecule has 1 heteroatoms. The predicted octanol–water partition coefficient (Wildman–Crippen LogP) is 3.10. The van der Waals surface area contributed by atoms with Crippen molar-refractivity contribution in [2.45, 2.75) is 46.0 Å². The molecule has 1 fully saturated rings. The molecule has 0 saturated heterocycles. The first kappa shape index (κ1) is 8.98. The molecule has 0 amide bonds. The van der Waals surface area contributed by atoms with Gasteiger partial charge in [-0.3, -0.25) is 4.79 Å². The highest BCUT2D eigenvalue weighted by Crippen LogP contribution is 2.44. The molecule has 0 bridgehead atoms. The van der Waals surface area contributed by atoms with E-state index in [-0.39, 0.29) is 0 Å². The molecule has 0 aromatic rings. The second kappa shape index (κ2) is 3.28. The van der Waals surface area contributed by atoms with Crippen molar-refractivity contribution >= 4 is 5.78 Å². The largest absolute Gasteiger partial charge is 0.295 e. The summed E-state index contributed by atoms with van der Waals surface area (Å²) in [6.07, 6.45) is 5.90. The van der Waals surface area contributed by atoms with Gasteiger partial charge in [-0.15, -0.1) is 0 Å². The quantitative estimate of drug-likeness (QED) is 0.603. The van der Waals surface area contributed by atoms with E-state index >= 15 is 0 Å². The zero-order valence-corrected chi connectivity index (χ0v) is 8.60. The Bertz CT molecular complexity index is 262. The number of rotatable bonds is 1. The topological polar surface area (TPSA) is 17.1 Å². The Balaban J connectivity index is 2.26. The molecule has 2 aliphatic rings. The van der Waals surface area contributed by atoms with Gasteiger partial charge in [0, 0.05) is 6.42 Å². The van der Waals surface area contributed by atoms with Crippen molar-refractivity contribution in [3.8, 4) is 0 Å². The monoisotopic (exact) mass is 178 g/mol. The molecule has 2 rings (SSSR count). The molecule has 0 spiro atoms. The summed E-state index contributed by atoms with van der Waals surface area (Å²) in [7, 11) is 0. The van der Waals surface area contributed by atoms with Crippen LogP contribution in [0.25, 0.3) is 0 Å². The molecule has 0 N–H and O–H groups in total. The Morgan fingerprint density at radius 2 is 2.23 bits per heavy atom. The van der Waals surface area contributed by atoms with Gasteiger partial charge < -0.3 is 0 Å². The standard InChI is InChI=1S/C12H18O/c1-3-9-5-4-6-10-8(2)12(13)7-11(9)10/h9,11H,3-7H2,1-2H3. The van der Waals surface area contributed by atoms with E-state index in [1.165, 1.54) is 31.3 Å². The average molecular weight is 178 g/mol. The van der Waals surface area contributed by atoms with Crippen LogP contribution in [-0.2, 0) is 4.79 Å². The summed E-state index contributed by atoms with van der Waals surface area (Å²) in [6, 6.07) is 0. The van der Waals surface area contributed by atoms with E-state index in [0.717, 1.165) is 17.9 Å². The third kappa shape index (κ3) is 1.34. The summed E-state index contributed by atoms with van der Waals surface area (Å²) in [5, 5.41) is 0. The summed E-state index contributed by atoms with van der Waals surface area (Å²) >= 11 is 0. The highest BCUT2D eigenvalue weighted by Gasteiger charge is 2.36. The third-order valence-corrected chi connectivity index (χ3v) is 3.87. The van der Waals surface area contributed by atoms with Gasteiger partial charge >= 0.3 is 0 Å². The van der Waals surface area contributed by atoms with Crippen LogP contribution in [0.15, 0.2) is 11.1 Å². The summed E-state index contributed by atoms with van der Waals surface area (Å²) in [5.41, 5.74) is 2.60. The zero-order valence-electron chi connectivity index (χ0n) is 8.60. The van der Waals surface area contributed by atoms with Crippen molar-refractivity contribution in [1.82, 2.24) is 0 Å². The lowest BCUT2D eigenvalue weighted by molar-refractivity contribution is -0.115. The van der Waals surface area contributed by atoms with Crippen molar-refractivity contribution in [1.29, 1.82) is 0 Å². The molecule has 0 aliphatic heterocycles. The van der Waals surface area contributed by atoms with Gasteiger partial charge in [0.25, 0.3) is 0 Å². The highest BCUT2D eigenvalue weighted by molar-refractivity contribution is 5.98. The fraction of sp³-hybridized carbons (Fsp3) is 0.750. The van der Waals surface area contributed by atoms with E-state index in [1.54, 1.807) is 0 Å². The Morgan fingerprint density at radius 1 is 1.46 bits per heavy atom. The van der Waals surface area contributed by atoms with E-state index in [4.69, 9.17) is 0 Å². The molecular formula is C12H18O. The number of hydrogen-bond acceptors (Lipinski definition) is 1. The molecule has 13 heavy (non-hydrogen) atoms. The Kier molecular flexibility index (Phi) is 2.27. The molecule has 1 saturated carbocycles. The lowest BCUT2D eigenvalue weighted by atomic mass is 9.75. The first-order chi connectivity index (χ1) is 6.24. The van der Waals surface area contributed by atoms with Crippen LogP contribution in [0.1, 0.15) is 46.0 Å². The number of fused-ring (bicyclic) bond motifs is 1. The minimum Gasteiger partial charge on any atom is -0.295 e. The molecule has 0 aromatic carbocycles. The summed E-state index contributed by atoms with van der Waals surface area (Å²) in [6.45, 7) is 4.28. The SMILES string of the molecule is CCC1CCCC2=C(C)C(=O)CC21. The molecule has 2 atom stereocenters. The number of carbonyl (C=O) groups excluding carboxylic acids is 1. The number of ketones is 1. The molecule has 2 aliphatic carbocycles. The average Bonchev–Trinajstić information content (AvgIpc) is 2.43. The minimum atomic E-state index is 0.417. The number of Topliss-reactive ketones (excluding diaryl/α,β-unsaturated/α-hetero) is 1. The third-order valence-electron chi connectivity index (χ3n) is 3.87. The number of carbonyl (C=O) groups is 1. The van der Waals surface area contributed by atoms with E-state index < -0.39 is 0 Å². The van der Waals surface area contributed by atoms with Gasteiger partial charge in [0.05, 0.1) is 0 Å². The van der Waals surface area contributed by atoms with Crippen LogP contribution in [0.5, 0.6) is 0 Å². The van der Waals surface area contributed by atoms with Gasteiger partial charge in [-0.05, 0) is 43.6 Å². The smallest absolute Gasteiger partial charge is 0.159 e. The second-order valence-electron chi connectivity index (χ2n) is 4.44. The van der Waals surface area contributed by atoms with Crippen molar-refractivity contribution in [2.75, 3.05) is 0 Å². The van der Waals surface area contributed by atoms with Gasteiger partial charge in [-0.2, -0.15) is 0 Å². The fourth-order valence-corrected chi connectivity index (χ4v) is 3.00. The van der Waals surface area contributed by atoms with Gasteiger partial charge in [-0.1, -0.05) is 18.9 Å². The predicted molar refractivity (Wildman–Crippen MR) is 53.4 cm³/mol. The van der Waals surface area contributed by atoms with Crippen LogP contribution in [0.4, 0.5) is 0 Å². The van der Waals surface area contributed by atoms with Crippen molar-refractivity contribution in [3.63, 3.8) is 0 Å². The van der Waals surface area contributed by atoms with Crippen LogP contribution in [0, 0.1) is 11.8 Å². The first-order valence-corrected chi connectivity index (χ1v) is 5.47. The zero-order chi connectivity index (χ0) is 9.42. The molecular weight excluding hydrogens is 160 g/mol. The van der Waals surface area contributed by atoms with Crippen molar-refractivity contribution in [3.05, 3.63) is 11.1 Å². The van der Waals surface area contributed by atoms with Crippen molar-refractivity contribution < 1.29 is 4.79 Å². The minimum absolute atomic E-state index is 0.417. The lowest BCUT2D eigenvalue weighted by Crippen LogP contribution is -2.19. The maximum atomic E-state index is 11.5. The maximum Gasteiger partial charge on any atom is 0.159 e. The number of hydrogen-bond donors (Lipinski definition) is 0. The van der Waals surface area contributed by atoms with Crippen LogP contribution < -0.4 is 0 Å². The normalized spacial score (nSPS) is 33.8. The first-order valence-electron chi connectivity index (χ1n) is 5.47. The van der Waals surface area contributed by atoms with Gasteiger partial charge in [-0.25, -0.2) is 0 Å². The van der Waals surface area contributed by atoms with Crippen molar-refractivity contribution in [2.24, 2.45) is 11.8 Å². The van der Waals surface area contributed by atoms with E-state index in [9.17, 15) is 4.79 Å². The van der Waals surface area contributed by atoms with Crippen LogP contribution in [0.3, 0.4) is 0 Å². The summed E-state index contributed by atoms with van der Waals surface area (Å²) in [4.78, 5) is 11.5. The molecule has 72 valence electrons. The summed E-state index contributed by atoms with van der Waals surface area (Å²) in [5.74, 6) is 1.84. The Hall–Kier alpha value is -0.590. The Labute approximate surface area is 80.2 Å². The molecule has 2 unspecified atom stereocenters. The van der Waals surface area contributed by atoms with Gasteiger partial charge in [0.15, 0.2) is 5.78 Å². The molecule has 0 aromatic heterocycles. The lowest BCUT2D eigenvalue weighted by Gasteiger charge is -2.29. The van der Waals surface area contributed by atoms with E-state index in [1.807, 2.05) is 6.92 Å². The summed E-state index contributed by atoms with van der Waals surface area (Å²) < 4.78 is 0. The van der Waals surface area contributed by atoms with Gasteiger partial charge in [0.1, 0.15) is 0 Å². The van der Waals surface area contributed by atoms with E-state index in [2.05, 4.69) is 6.92 Å². The van der Waals surface area contributed by atoms with E-state index in [0.29, 0.717) is 11.7 Å². The highest BCUT2D eigenvalue weighted by atomic mass is 16.1. The maximum absolute atomic E-state index is 11.5. The number of allylic oxidation sites excluding steroid dienone is 2. The van der Waals surface area contributed by atoms with Gasteiger partial charge in [0.2, 0.25) is 0 Å². The Morgan fingerprint density at radius 3 is 2.92 bits per heavy atom. The molecule has 1 nitrogen and oxygen atoms in total. The van der Waals surface area contributed by atoms with Crippen LogP contribution in [-0.4, -0.2) is 5.78 Å².